The molecular formula is C18H18FNO2. The van der Waals surface area contributed by atoms with Crippen LogP contribution in [0.2, 0.25) is 0 Å². The van der Waals surface area contributed by atoms with Gasteiger partial charge in [-0.3, -0.25) is 4.79 Å². The lowest BCUT2D eigenvalue weighted by atomic mass is 9.87. The van der Waals surface area contributed by atoms with Crippen LogP contribution in [0.25, 0.3) is 0 Å². The van der Waals surface area contributed by atoms with Crippen LogP contribution in [0.5, 0.6) is 0 Å². The molecule has 0 aromatic heterocycles. The molecule has 4 heteroatoms. The Balaban J connectivity index is 2.16. The first-order valence-electron chi connectivity index (χ1n) is 7.49. The number of benzene rings is 2. The maximum atomic E-state index is 13.7. The fourth-order valence-electron chi connectivity index (χ4n) is 2.95. The van der Waals surface area contributed by atoms with Crippen molar-refractivity contribution < 1.29 is 14.3 Å². The SMILES string of the molecule is CCCCN1C(=O)C(O)(c2ccccc2)c2cc(F)ccc21. The van der Waals surface area contributed by atoms with Crippen molar-refractivity contribution in [2.24, 2.45) is 0 Å². The van der Waals surface area contributed by atoms with E-state index in [9.17, 15) is 14.3 Å². The fourth-order valence-corrected chi connectivity index (χ4v) is 2.95. The Morgan fingerprint density at radius 3 is 2.59 bits per heavy atom. The molecule has 0 fully saturated rings. The number of amides is 1. The van der Waals surface area contributed by atoms with E-state index in [1.165, 1.54) is 12.1 Å². The van der Waals surface area contributed by atoms with Crippen LogP contribution >= 0.6 is 0 Å². The minimum atomic E-state index is -1.81. The average Bonchev–Trinajstić information content (AvgIpc) is 2.75. The number of anilines is 1. The molecular weight excluding hydrogens is 281 g/mol. The van der Waals surface area contributed by atoms with Gasteiger partial charge in [0.1, 0.15) is 5.82 Å². The highest BCUT2D eigenvalue weighted by Gasteiger charge is 2.50. The average molecular weight is 299 g/mol. The smallest absolute Gasteiger partial charge is 0.268 e. The van der Waals surface area contributed by atoms with E-state index >= 15 is 0 Å². The number of aliphatic hydroxyl groups is 1. The summed E-state index contributed by atoms with van der Waals surface area (Å²) in [5.74, 6) is -0.869. The number of hydrogen-bond donors (Lipinski definition) is 1. The van der Waals surface area contributed by atoms with Crippen molar-refractivity contribution in [1.29, 1.82) is 0 Å². The molecule has 1 unspecified atom stereocenters. The second-order valence-electron chi connectivity index (χ2n) is 5.55. The number of halogens is 1. The fraction of sp³-hybridized carbons (Fsp3) is 0.278. The molecule has 0 spiro atoms. The highest BCUT2D eigenvalue weighted by atomic mass is 19.1. The van der Waals surface area contributed by atoms with Crippen LogP contribution in [-0.2, 0) is 10.4 Å². The van der Waals surface area contributed by atoms with Gasteiger partial charge < -0.3 is 10.0 Å². The number of carbonyl (C=O) groups is 1. The molecule has 2 aromatic carbocycles. The van der Waals surface area contributed by atoms with Gasteiger partial charge in [0.15, 0.2) is 5.60 Å². The summed E-state index contributed by atoms with van der Waals surface area (Å²) in [6.45, 7) is 2.55. The first-order chi connectivity index (χ1) is 10.6. The van der Waals surface area contributed by atoms with Crippen molar-refractivity contribution in [3.8, 4) is 0 Å². The zero-order valence-corrected chi connectivity index (χ0v) is 12.4. The number of carbonyl (C=O) groups excluding carboxylic acids is 1. The van der Waals surface area contributed by atoms with E-state index in [2.05, 4.69) is 0 Å². The van der Waals surface area contributed by atoms with Crippen LogP contribution in [-0.4, -0.2) is 17.6 Å². The molecule has 0 aliphatic carbocycles. The Labute approximate surface area is 129 Å². The van der Waals surface area contributed by atoms with E-state index in [1.54, 1.807) is 35.2 Å². The number of rotatable bonds is 4. The second kappa shape index (κ2) is 5.54. The molecule has 1 aliphatic rings. The molecule has 114 valence electrons. The molecule has 1 heterocycles. The third-order valence-electron chi connectivity index (χ3n) is 4.12. The van der Waals surface area contributed by atoms with Crippen LogP contribution in [0.1, 0.15) is 30.9 Å². The van der Waals surface area contributed by atoms with Gasteiger partial charge in [0.2, 0.25) is 0 Å². The summed E-state index contributed by atoms with van der Waals surface area (Å²) in [5.41, 5.74) is -0.441. The zero-order chi connectivity index (χ0) is 15.7. The summed E-state index contributed by atoms with van der Waals surface area (Å²) in [6.07, 6.45) is 1.76. The highest BCUT2D eigenvalue weighted by molar-refractivity contribution is 6.09. The molecule has 2 aromatic rings. The summed E-state index contributed by atoms with van der Waals surface area (Å²) >= 11 is 0. The molecule has 3 rings (SSSR count). The van der Waals surface area contributed by atoms with E-state index in [0.29, 0.717) is 23.4 Å². The van der Waals surface area contributed by atoms with E-state index in [0.717, 1.165) is 12.8 Å². The molecule has 0 radical (unpaired) electrons. The summed E-state index contributed by atoms with van der Waals surface area (Å²) in [7, 11) is 0. The van der Waals surface area contributed by atoms with Crippen LogP contribution in [0.15, 0.2) is 48.5 Å². The van der Waals surface area contributed by atoms with E-state index in [1.807, 2.05) is 13.0 Å². The van der Waals surface area contributed by atoms with Gasteiger partial charge in [-0.15, -0.1) is 0 Å². The van der Waals surface area contributed by atoms with Crippen molar-refractivity contribution in [1.82, 2.24) is 0 Å². The van der Waals surface area contributed by atoms with Crippen molar-refractivity contribution in [2.75, 3.05) is 11.4 Å². The van der Waals surface area contributed by atoms with Crippen molar-refractivity contribution in [3.05, 3.63) is 65.5 Å². The third kappa shape index (κ3) is 2.11. The monoisotopic (exact) mass is 299 g/mol. The zero-order valence-electron chi connectivity index (χ0n) is 12.4. The summed E-state index contributed by atoms with van der Waals surface area (Å²) in [6, 6.07) is 12.9. The topological polar surface area (TPSA) is 40.5 Å². The molecule has 0 saturated heterocycles. The Bertz CT molecular complexity index is 701. The maximum absolute atomic E-state index is 13.7. The van der Waals surface area contributed by atoms with Gasteiger partial charge in [0.05, 0.1) is 5.69 Å². The summed E-state index contributed by atoms with van der Waals surface area (Å²) < 4.78 is 13.7. The minimum Gasteiger partial charge on any atom is -0.372 e. The molecule has 0 bridgehead atoms. The molecule has 0 saturated carbocycles. The van der Waals surface area contributed by atoms with Gasteiger partial charge in [-0.1, -0.05) is 43.7 Å². The van der Waals surface area contributed by atoms with E-state index < -0.39 is 17.3 Å². The number of unbranched alkanes of at least 4 members (excludes halogenated alkanes) is 1. The Morgan fingerprint density at radius 2 is 1.91 bits per heavy atom. The standard InChI is InChI=1S/C18H18FNO2/c1-2-3-11-20-16-10-9-14(19)12-15(16)18(22,17(20)21)13-7-5-4-6-8-13/h4-10,12,22H,2-3,11H2,1H3. The number of hydrogen-bond acceptors (Lipinski definition) is 2. The minimum absolute atomic E-state index is 0.319. The molecule has 3 nitrogen and oxygen atoms in total. The van der Waals surface area contributed by atoms with Gasteiger partial charge in [-0.2, -0.15) is 0 Å². The Morgan fingerprint density at radius 1 is 1.18 bits per heavy atom. The summed E-state index contributed by atoms with van der Waals surface area (Å²) in [5, 5.41) is 11.1. The first-order valence-corrected chi connectivity index (χ1v) is 7.49. The lowest BCUT2D eigenvalue weighted by Gasteiger charge is -2.23. The third-order valence-corrected chi connectivity index (χ3v) is 4.12. The van der Waals surface area contributed by atoms with Gasteiger partial charge >= 0.3 is 0 Å². The Kier molecular flexibility index (Phi) is 3.71. The van der Waals surface area contributed by atoms with Crippen molar-refractivity contribution >= 4 is 11.6 Å². The largest absolute Gasteiger partial charge is 0.372 e. The quantitative estimate of drug-likeness (QED) is 0.941. The molecule has 1 N–H and O–H groups in total. The van der Waals surface area contributed by atoms with Crippen LogP contribution in [0.4, 0.5) is 10.1 Å². The van der Waals surface area contributed by atoms with Crippen LogP contribution in [0.3, 0.4) is 0 Å². The van der Waals surface area contributed by atoms with Crippen LogP contribution < -0.4 is 4.90 Å². The van der Waals surface area contributed by atoms with Gasteiger partial charge in [-0.05, 0) is 30.2 Å². The van der Waals surface area contributed by atoms with Gasteiger partial charge in [0.25, 0.3) is 5.91 Å². The predicted molar refractivity (Wildman–Crippen MR) is 83.1 cm³/mol. The first kappa shape index (κ1) is 14.7. The number of nitrogens with zero attached hydrogens (tertiary/aromatic N) is 1. The van der Waals surface area contributed by atoms with Gasteiger partial charge in [0, 0.05) is 12.1 Å². The Hall–Kier alpha value is -2.20. The van der Waals surface area contributed by atoms with Crippen LogP contribution in [0, 0.1) is 5.82 Å². The molecule has 1 amide bonds. The highest BCUT2D eigenvalue weighted by Crippen LogP contribution is 2.44. The van der Waals surface area contributed by atoms with Crippen molar-refractivity contribution in [3.63, 3.8) is 0 Å². The van der Waals surface area contributed by atoms with Gasteiger partial charge in [-0.25, -0.2) is 4.39 Å². The predicted octanol–water partition coefficient (Wildman–Crippen LogP) is 3.21. The van der Waals surface area contributed by atoms with E-state index in [-0.39, 0.29) is 0 Å². The lowest BCUT2D eigenvalue weighted by Crippen LogP contribution is -2.41. The van der Waals surface area contributed by atoms with Crippen molar-refractivity contribution in [2.45, 2.75) is 25.4 Å². The second-order valence-corrected chi connectivity index (χ2v) is 5.55. The maximum Gasteiger partial charge on any atom is 0.268 e. The normalized spacial score (nSPS) is 20.3. The molecule has 22 heavy (non-hydrogen) atoms. The lowest BCUT2D eigenvalue weighted by molar-refractivity contribution is -0.132. The number of fused-ring (bicyclic) bond motifs is 1. The molecule has 1 atom stereocenters. The molecule has 1 aliphatic heterocycles. The van der Waals surface area contributed by atoms with E-state index in [4.69, 9.17) is 0 Å². The summed E-state index contributed by atoms with van der Waals surface area (Å²) in [4.78, 5) is 14.4.